The van der Waals surface area contributed by atoms with Gasteiger partial charge in [-0.05, 0) is 35.7 Å². The smallest absolute Gasteiger partial charge is 0.327 e. The molecule has 0 amide bonds. The van der Waals surface area contributed by atoms with Gasteiger partial charge in [0.05, 0.1) is 4.92 Å². The van der Waals surface area contributed by atoms with E-state index in [0.717, 1.165) is 11.6 Å². The van der Waals surface area contributed by atoms with Crippen molar-refractivity contribution in [1.29, 1.82) is 0 Å². The quantitative estimate of drug-likeness (QED) is 0.654. The van der Waals surface area contributed by atoms with E-state index in [1.807, 2.05) is 18.2 Å². The van der Waals surface area contributed by atoms with Gasteiger partial charge in [-0.1, -0.05) is 32.0 Å². The molecule has 0 fully saturated rings. The van der Waals surface area contributed by atoms with Crippen LogP contribution in [-0.4, -0.2) is 4.92 Å². The fourth-order valence-electron chi connectivity index (χ4n) is 1.93. The first-order chi connectivity index (χ1) is 9.49. The van der Waals surface area contributed by atoms with E-state index in [-0.39, 0.29) is 5.69 Å². The average molecular weight is 274 g/mol. The minimum absolute atomic E-state index is 0.149. The number of nitro benzene ring substituents is 1. The zero-order valence-electron chi connectivity index (χ0n) is 11.3. The fraction of sp³-hybridized carbons (Fsp3) is 0.200. The molecule has 0 aromatic heterocycles. The van der Waals surface area contributed by atoms with Crippen molar-refractivity contribution in [3.05, 3.63) is 64.0 Å². The van der Waals surface area contributed by atoms with Crippen LogP contribution < -0.4 is 5.32 Å². The van der Waals surface area contributed by atoms with Crippen LogP contribution in [0, 0.1) is 15.9 Å². The lowest BCUT2D eigenvalue weighted by molar-refractivity contribution is -0.386. The molecule has 0 spiro atoms. The summed E-state index contributed by atoms with van der Waals surface area (Å²) in [6.45, 7) is 4.12. The highest BCUT2D eigenvalue weighted by atomic mass is 19.1. The lowest BCUT2D eigenvalue weighted by Crippen LogP contribution is -2.00. The van der Waals surface area contributed by atoms with Crippen molar-refractivity contribution < 1.29 is 9.31 Å². The lowest BCUT2D eigenvalue weighted by Gasteiger charge is -2.10. The highest BCUT2D eigenvalue weighted by Crippen LogP contribution is 2.30. The summed E-state index contributed by atoms with van der Waals surface area (Å²) in [5.74, 6) is -0.501. The van der Waals surface area contributed by atoms with Crippen molar-refractivity contribution in [2.45, 2.75) is 19.8 Å². The summed E-state index contributed by atoms with van der Waals surface area (Å²) in [5, 5.41) is 13.8. The van der Waals surface area contributed by atoms with Crippen molar-refractivity contribution in [3.8, 4) is 0 Å². The van der Waals surface area contributed by atoms with Crippen LogP contribution in [0.2, 0.25) is 0 Å². The molecule has 0 saturated carbocycles. The number of hydrogen-bond acceptors (Lipinski definition) is 3. The number of para-hydroxylation sites is 1. The predicted molar refractivity (Wildman–Crippen MR) is 76.9 cm³/mol. The first-order valence-corrected chi connectivity index (χ1v) is 6.29. The van der Waals surface area contributed by atoms with Crippen molar-refractivity contribution in [2.75, 3.05) is 5.32 Å². The number of benzene rings is 2. The summed E-state index contributed by atoms with van der Waals surface area (Å²) in [7, 11) is 0. The van der Waals surface area contributed by atoms with Crippen LogP contribution in [-0.2, 0) is 0 Å². The van der Waals surface area contributed by atoms with Gasteiger partial charge in [0.2, 0.25) is 5.82 Å². The minimum Gasteiger partial charge on any atom is -0.350 e. The van der Waals surface area contributed by atoms with Crippen molar-refractivity contribution >= 4 is 17.1 Å². The van der Waals surface area contributed by atoms with Crippen molar-refractivity contribution in [2.24, 2.45) is 0 Å². The molecular formula is C15H15FN2O2. The molecule has 0 aliphatic heterocycles. The van der Waals surface area contributed by atoms with Gasteiger partial charge in [0.1, 0.15) is 5.69 Å². The van der Waals surface area contributed by atoms with Gasteiger partial charge in [0, 0.05) is 5.69 Å². The second kappa shape index (κ2) is 5.69. The van der Waals surface area contributed by atoms with E-state index in [1.54, 1.807) is 6.07 Å². The van der Waals surface area contributed by atoms with Crippen molar-refractivity contribution in [3.63, 3.8) is 0 Å². The Labute approximate surface area is 116 Å². The van der Waals surface area contributed by atoms with Crippen LogP contribution in [0.15, 0.2) is 42.5 Å². The Morgan fingerprint density at radius 1 is 1.20 bits per heavy atom. The Hall–Kier alpha value is -2.43. The number of nitrogens with one attached hydrogen (secondary N) is 1. The van der Waals surface area contributed by atoms with Gasteiger partial charge in [-0.25, -0.2) is 0 Å². The van der Waals surface area contributed by atoms with E-state index in [2.05, 4.69) is 19.2 Å². The third kappa shape index (κ3) is 2.93. The van der Waals surface area contributed by atoms with Gasteiger partial charge in [-0.3, -0.25) is 10.1 Å². The molecule has 0 atom stereocenters. The highest BCUT2D eigenvalue weighted by molar-refractivity contribution is 5.70. The molecule has 0 radical (unpaired) electrons. The van der Waals surface area contributed by atoms with Crippen LogP contribution in [0.3, 0.4) is 0 Å². The maximum Gasteiger partial charge on any atom is 0.327 e. The van der Waals surface area contributed by atoms with Crippen LogP contribution in [0.4, 0.5) is 21.5 Å². The molecule has 0 aliphatic rings. The highest BCUT2D eigenvalue weighted by Gasteiger charge is 2.19. The maximum absolute atomic E-state index is 13.5. The van der Waals surface area contributed by atoms with E-state index in [4.69, 9.17) is 0 Å². The Kier molecular flexibility index (Phi) is 3.98. The number of hydrogen-bond donors (Lipinski definition) is 1. The lowest BCUT2D eigenvalue weighted by atomic mass is 10.0. The molecule has 104 valence electrons. The summed E-state index contributed by atoms with van der Waals surface area (Å²) in [6, 6.07) is 11.5. The number of nitro groups is 1. The minimum atomic E-state index is -0.847. The SMILES string of the molecule is CC(C)c1cccc(Nc2cccc(F)c2[N+](=O)[O-])c1. The molecular weight excluding hydrogens is 259 g/mol. The van der Waals surface area contributed by atoms with Crippen LogP contribution in [0.1, 0.15) is 25.3 Å². The Morgan fingerprint density at radius 3 is 2.55 bits per heavy atom. The zero-order chi connectivity index (χ0) is 14.7. The predicted octanol–water partition coefficient (Wildman–Crippen LogP) is 4.60. The molecule has 20 heavy (non-hydrogen) atoms. The second-order valence-corrected chi connectivity index (χ2v) is 4.80. The number of nitrogens with zero attached hydrogens (tertiary/aromatic N) is 1. The summed E-state index contributed by atoms with van der Waals surface area (Å²) in [6.07, 6.45) is 0. The first-order valence-electron chi connectivity index (χ1n) is 6.29. The second-order valence-electron chi connectivity index (χ2n) is 4.80. The van der Waals surface area contributed by atoms with Gasteiger partial charge >= 0.3 is 5.69 Å². The van der Waals surface area contributed by atoms with Gasteiger partial charge in [-0.2, -0.15) is 4.39 Å². The molecule has 2 aromatic carbocycles. The topological polar surface area (TPSA) is 55.2 Å². The third-order valence-corrected chi connectivity index (χ3v) is 3.00. The molecule has 0 aliphatic carbocycles. The molecule has 2 rings (SSSR count). The molecule has 5 heteroatoms. The summed E-state index contributed by atoms with van der Waals surface area (Å²) < 4.78 is 13.5. The van der Waals surface area contributed by atoms with E-state index < -0.39 is 16.4 Å². The Balaban J connectivity index is 2.38. The molecule has 2 aromatic rings. The van der Waals surface area contributed by atoms with Crippen LogP contribution >= 0.6 is 0 Å². The van der Waals surface area contributed by atoms with Gasteiger partial charge in [0.25, 0.3) is 0 Å². The molecule has 0 bridgehead atoms. The number of halogens is 1. The molecule has 0 saturated heterocycles. The van der Waals surface area contributed by atoms with E-state index in [0.29, 0.717) is 11.6 Å². The van der Waals surface area contributed by atoms with Gasteiger partial charge < -0.3 is 5.32 Å². The molecule has 0 heterocycles. The van der Waals surface area contributed by atoms with Crippen molar-refractivity contribution in [1.82, 2.24) is 0 Å². The monoisotopic (exact) mass is 274 g/mol. The number of anilines is 2. The largest absolute Gasteiger partial charge is 0.350 e. The number of rotatable bonds is 4. The summed E-state index contributed by atoms with van der Waals surface area (Å²) in [4.78, 5) is 10.2. The average Bonchev–Trinajstić information content (AvgIpc) is 2.38. The third-order valence-electron chi connectivity index (χ3n) is 3.00. The Bertz CT molecular complexity index is 642. The van der Waals surface area contributed by atoms with Gasteiger partial charge in [-0.15, -0.1) is 0 Å². The van der Waals surface area contributed by atoms with Crippen LogP contribution in [0.25, 0.3) is 0 Å². The van der Waals surface area contributed by atoms with E-state index >= 15 is 0 Å². The van der Waals surface area contributed by atoms with E-state index in [1.165, 1.54) is 12.1 Å². The molecule has 0 unspecified atom stereocenters. The standard InChI is InChI=1S/C15H15FN2O2/c1-10(2)11-5-3-6-12(9-11)17-14-8-4-7-13(16)15(14)18(19)20/h3-10,17H,1-2H3. The fourth-order valence-corrected chi connectivity index (χ4v) is 1.93. The van der Waals surface area contributed by atoms with Crippen LogP contribution in [0.5, 0.6) is 0 Å². The molecule has 4 nitrogen and oxygen atoms in total. The zero-order valence-corrected chi connectivity index (χ0v) is 11.3. The summed E-state index contributed by atoms with van der Waals surface area (Å²) in [5.41, 5.74) is 1.41. The van der Waals surface area contributed by atoms with E-state index in [9.17, 15) is 14.5 Å². The Morgan fingerprint density at radius 2 is 1.90 bits per heavy atom. The maximum atomic E-state index is 13.5. The normalized spacial score (nSPS) is 10.6. The molecule has 1 N–H and O–H groups in total. The summed E-state index contributed by atoms with van der Waals surface area (Å²) >= 11 is 0. The van der Waals surface area contributed by atoms with Gasteiger partial charge in [0.15, 0.2) is 0 Å². The first kappa shape index (κ1) is 14.0.